The highest BCUT2D eigenvalue weighted by molar-refractivity contribution is 6.30. The number of para-hydroxylation sites is 1. The molecule has 1 amide bonds. The Bertz CT molecular complexity index is 1190. The predicted octanol–water partition coefficient (Wildman–Crippen LogP) is 4.19. The van der Waals surface area contributed by atoms with Crippen LogP contribution in [0.2, 0.25) is 5.02 Å². The van der Waals surface area contributed by atoms with Crippen molar-refractivity contribution in [2.24, 2.45) is 0 Å². The molecule has 0 spiro atoms. The van der Waals surface area contributed by atoms with E-state index in [0.717, 1.165) is 11.3 Å². The maximum atomic E-state index is 12.5. The summed E-state index contributed by atoms with van der Waals surface area (Å²) in [5.74, 6) is -0.320. The van der Waals surface area contributed by atoms with Crippen LogP contribution in [0.25, 0.3) is 16.9 Å². The Kier molecular flexibility index (Phi) is 6.67. The molecule has 2 heterocycles. The molecular weight excluding hydrogens is 430 g/mol. The fourth-order valence-electron chi connectivity index (χ4n) is 3.11. The minimum absolute atomic E-state index is 0.0315. The lowest BCUT2D eigenvalue weighted by molar-refractivity contribution is -0.147. The summed E-state index contributed by atoms with van der Waals surface area (Å²) in [6, 6.07) is 20.3. The van der Waals surface area contributed by atoms with Crippen LogP contribution in [0, 0.1) is 0 Å². The van der Waals surface area contributed by atoms with Crippen LogP contribution in [0.4, 0.5) is 0 Å². The van der Waals surface area contributed by atoms with Crippen molar-refractivity contribution >= 4 is 23.5 Å². The molecule has 0 aliphatic rings. The van der Waals surface area contributed by atoms with Crippen LogP contribution >= 0.6 is 11.6 Å². The molecule has 0 saturated heterocycles. The minimum atomic E-state index is -0.527. The number of hydrogen-bond donors (Lipinski definition) is 1. The van der Waals surface area contributed by atoms with Gasteiger partial charge in [-0.2, -0.15) is 5.10 Å². The van der Waals surface area contributed by atoms with E-state index in [0.29, 0.717) is 22.0 Å². The molecule has 0 fully saturated rings. The highest BCUT2D eigenvalue weighted by Crippen LogP contribution is 2.26. The number of benzene rings is 2. The first-order valence-electron chi connectivity index (χ1n) is 9.93. The number of carbonyl (C=O) groups excluding carboxylic acids is 2. The second kappa shape index (κ2) is 9.98. The summed E-state index contributed by atoms with van der Waals surface area (Å²) < 4.78 is 12.0. The summed E-state index contributed by atoms with van der Waals surface area (Å²) >= 11 is 6.01. The normalized spacial score (nSPS) is 10.7. The van der Waals surface area contributed by atoms with Crippen molar-refractivity contribution in [1.29, 1.82) is 0 Å². The predicted molar refractivity (Wildman–Crippen MR) is 119 cm³/mol. The van der Waals surface area contributed by atoms with Crippen molar-refractivity contribution in [3.8, 4) is 16.9 Å². The van der Waals surface area contributed by atoms with Crippen molar-refractivity contribution in [2.75, 3.05) is 6.61 Å². The third-order valence-corrected chi connectivity index (χ3v) is 4.92. The quantitative estimate of drug-likeness (QED) is 0.408. The first kappa shape index (κ1) is 21.4. The topological polar surface area (TPSA) is 86.4 Å². The molecule has 0 radical (unpaired) electrons. The number of nitrogens with one attached hydrogen (secondary N) is 1. The summed E-state index contributed by atoms with van der Waals surface area (Å²) in [5.41, 5.74) is 3.00. The van der Waals surface area contributed by atoms with Gasteiger partial charge < -0.3 is 14.5 Å². The summed E-state index contributed by atoms with van der Waals surface area (Å²) in [7, 11) is 0. The van der Waals surface area contributed by atoms with Gasteiger partial charge >= 0.3 is 5.97 Å². The zero-order valence-electron chi connectivity index (χ0n) is 17.0. The van der Waals surface area contributed by atoms with Gasteiger partial charge in [-0.3, -0.25) is 9.59 Å². The number of aromatic nitrogens is 2. The van der Waals surface area contributed by atoms with Gasteiger partial charge in [-0.25, -0.2) is 4.68 Å². The van der Waals surface area contributed by atoms with E-state index in [1.165, 1.54) is 6.26 Å². The number of amides is 1. The van der Waals surface area contributed by atoms with Crippen molar-refractivity contribution in [3.05, 3.63) is 95.5 Å². The van der Waals surface area contributed by atoms with Crippen LogP contribution in [-0.2, 0) is 27.3 Å². The number of ether oxygens (including phenoxy) is 1. The van der Waals surface area contributed by atoms with Crippen LogP contribution in [0.1, 0.15) is 11.3 Å². The third kappa shape index (κ3) is 5.44. The number of nitrogens with zero attached hydrogens (tertiary/aromatic N) is 2. The zero-order chi connectivity index (χ0) is 22.3. The monoisotopic (exact) mass is 449 g/mol. The standard InChI is InChI=1S/C24H20ClN3O4/c25-19-10-8-17(9-11-19)24-18(15-28(27-24)20-5-2-1-3-6-20)13-23(30)32-16-22(29)26-14-21-7-4-12-31-21/h1-12,15H,13-14,16H2,(H,26,29). The van der Waals surface area contributed by atoms with E-state index in [2.05, 4.69) is 10.4 Å². The van der Waals surface area contributed by atoms with E-state index >= 15 is 0 Å². The van der Waals surface area contributed by atoms with E-state index in [9.17, 15) is 9.59 Å². The highest BCUT2D eigenvalue weighted by Gasteiger charge is 2.17. The fourth-order valence-corrected chi connectivity index (χ4v) is 3.23. The van der Waals surface area contributed by atoms with Gasteiger partial charge in [0.25, 0.3) is 5.91 Å². The summed E-state index contributed by atoms with van der Waals surface area (Å²) in [5, 5.41) is 7.91. The highest BCUT2D eigenvalue weighted by atomic mass is 35.5. The zero-order valence-corrected chi connectivity index (χ0v) is 17.8. The Balaban J connectivity index is 1.45. The van der Waals surface area contributed by atoms with Crippen LogP contribution in [0.5, 0.6) is 0 Å². The number of furan rings is 1. The summed E-state index contributed by atoms with van der Waals surface area (Å²) in [4.78, 5) is 24.4. The molecule has 0 aliphatic carbocycles. The molecule has 0 unspecified atom stereocenters. The minimum Gasteiger partial charge on any atom is -0.467 e. The first-order valence-corrected chi connectivity index (χ1v) is 10.3. The van der Waals surface area contributed by atoms with Gasteiger partial charge in [0.2, 0.25) is 0 Å². The Labute approximate surface area is 189 Å². The molecule has 8 heteroatoms. The molecule has 162 valence electrons. The molecule has 0 bridgehead atoms. The molecule has 0 atom stereocenters. The molecule has 32 heavy (non-hydrogen) atoms. The van der Waals surface area contributed by atoms with Crippen LogP contribution in [-0.4, -0.2) is 28.3 Å². The Morgan fingerprint density at radius 2 is 1.81 bits per heavy atom. The Morgan fingerprint density at radius 3 is 2.53 bits per heavy atom. The summed E-state index contributed by atoms with van der Waals surface area (Å²) in [6.45, 7) is -0.142. The van der Waals surface area contributed by atoms with E-state index in [1.807, 2.05) is 42.5 Å². The Morgan fingerprint density at radius 1 is 1.03 bits per heavy atom. The average molecular weight is 450 g/mol. The van der Waals surface area contributed by atoms with Gasteiger partial charge in [0, 0.05) is 22.3 Å². The SMILES string of the molecule is O=C(COC(=O)Cc1cn(-c2ccccc2)nc1-c1ccc(Cl)cc1)NCc1ccco1. The fraction of sp³-hybridized carbons (Fsp3) is 0.125. The van der Waals surface area contributed by atoms with Gasteiger partial charge in [-0.1, -0.05) is 41.9 Å². The molecular formula is C24H20ClN3O4. The maximum Gasteiger partial charge on any atom is 0.310 e. The molecule has 0 aliphatic heterocycles. The van der Waals surface area contributed by atoms with Crippen LogP contribution in [0.15, 0.2) is 83.6 Å². The number of halogens is 1. The van der Waals surface area contributed by atoms with Gasteiger partial charge in [0.15, 0.2) is 6.61 Å². The Hall–Kier alpha value is -3.84. The van der Waals surface area contributed by atoms with Crippen LogP contribution in [0.3, 0.4) is 0 Å². The molecule has 1 N–H and O–H groups in total. The molecule has 2 aromatic heterocycles. The van der Waals surface area contributed by atoms with Crippen molar-refractivity contribution < 1.29 is 18.7 Å². The van der Waals surface area contributed by atoms with E-state index in [4.69, 9.17) is 20.8 Å². The average Bonchev–Trinajstić information content (AvgIpc) is 3.48. The van der Waals surface area contributed by atoms with Gasteiger partial charge in [-0.05, 0) is 36.4 Å². The first-order chi connectivity index (χ1) is 15.6. The van der Waals surface area contributed by atoms with E-state index < -0.39 is 11.9 Å². The smallest absolute Gasteiger partial charge is 0.310 e. The number of carbonyl (C=O) groups is 2. The van der Waals surface area contributed by atoms with Crippen molar-refractivity contribution in [3.63, 3.8) is 0 Å². The lowest BCUT2D eigenvalue weighted by atomic mass is 10.1. The molecule has 2 aromatic carbocycles. The maximum absolute atomic E-state index is 12.5. The molecule has 4 rings (SSSR count). The largest absolute Gasteiger partial charge is 0.467 e. The van der Waals surface area contributed by atoms with Crippen molar-refractivity contribution in [1.82, 2.24) is 15.1 Å². The summed E-state index contributed by atoms with van der Waals surface area (Å²) in [6.07, 6.45) is 3.28. The lowest BCUT2D eigenvalue weighted by Gasteiger charge is -2.06. The second-order valence-electron chi connectivity index (χ2n) is 6.98. The van der Waals surface area contributed by atoms with E-state index in [1.54, 1.807) is 35.1 Å². The van der Waals surface area contributed by atoms with Gasteiger partial charge in [-0.15, -0.1) is 0 Å². The number of esters is 1. The van der Waals surface area contributed by atoms with Crippen LogP contribution < -0.4 is 5.32 Å². The van der Waals surface area contributed by atoms with E-state index in [-0.39, 0.29) is 19.6 Å². The third-order valence-electron chi connectivity index (χ3n) is 4.67. The molecule has 4 aromatic rings. The molecule has 7 nitrogen and oxygen atoms in total. The number of rotatable bonds is 8. The number of hydrogen-bond acceptors (Lipinski definition) is 5. The van der Waals surface area contributed by atoms with Crippen molar-refractivity contribution in [2.45, 2.75) is 13.0 Å². The molecule has 0 saturated carbocycles. The second-order valence-corrected chi connectivity index (χ2v) is 7.42. The lowest BCUT2D eigenvalue weighted by Crippen LogP contribution is -2.28. The van der Waals surface area contributed by atoms with Gasteiger partial charge in [0.05, 0.1) is 30.6 Å². The van der Waals surface area contributed by atoms with Gasteiger partial charge in [0.1, 0.15) is 5.76 Å².